The molecular weight excluding hydrogens is 487 g/mol. The minimum atomic E-state index is -0.563. The van der Waals surface area contributed by atoms with Crippen molar-refractivity contribution >= 4 is 23.2 Å². The second kappa shape index (κ2) is 15.9. The number of hydrogen-bond acceptors (Lipinski definition) is 2. The second-order valence-electron chi connectivity index (χ2n) is 12.7. The van der Waals surface area contributed by atoms with E-state index in [2.05, 4.69) is 13.8 Å². The third kappa shape index (κ3) is 8.25. The lowest BCUT2D eigenvalue weighted by molar-refractivity contribution is -0.139. The summed E-state index contributed by atoms with van der Waals surface area (Å²) in [4.78, 5) is 0. The van der Waals surface area contributed by atoms with Gasteiger partial charge in [0.25, 0.3) is 0 Å². The topological polar surface area (TPSA) is 18.5 Å². The fourth-order valence-corrected chi connectivity index (χ4v) is 8.57. The summed E-state index contributed by atoms with van der Waals surface area (Å²) in [5.74, 6) is 0. The van der Waals surface area contributed by atoms with Crippen molar-refractivity contribution in [2.75, 3.05) is 13.2 Å². The Morgan fingerprint density at radius 1 is 0.528 bits per heavy atom. The average molecular weight is 546 g/mol. The van der Waals surface area contributed by atoms with Gasteiger partial charge in [-0.05, 0) is 70.6 Å². The van der Waals surface area contributed by atoms with E-state index in [1.54, 1.807) is 0 Å². The van der Waals surface area contributed by atoms with E-state index in [1.165, 1.54) is 96.3 Å². The van der Waals surface area contributed by atoms with E-state index in [4.69, 9.17) is 32.7 Å². The summed E-state index contributed by atoms with van der Waals surface area (Å²) < 4.78 is 12.0. The Kier molecular flexibility index (Phi) is 13.7. The Balaban J connectivity index is 1.26. The van der Waals surface area contributed by atoms with Gasteiger partial charge < -0.3 is 9.47 Å². The maximum absolute atomic E-state index is 7.25. The zero-order valence-electron chi connectivity index (χ0n) is 23.9. The number of rotatable bonds is 18. The third-order valence-electron chi connectivity index (χ3n) is 9.99. The molecule has 0 aromatic rings. The van der Waals surface area contributed by atoms with Crippen molar-refractivity contribution in [2.24, 2.45) is 10.8 Å². The van der Waals surface area contributed by atoms with Crippen molar-refractivity contribution in [2.45, 2.75) is 178 Å². The Bertz CT molecular complexity index is 529. The molecule has 0 unspecified atom stereocenters. The fraction of sp³-hybridized carbons (Fsp3) is 1.00. The molecule has 0 aromatic heterocycles. The Labute approximate surface area is 234 Å². The summed E-state index contributed by atoms with van der Waals surface area (Å²) in [5, 5.41) is 0. The second-order valence-corrected chi connectivity index (χ2v) is 14.0. The Morgan fingerprint density at radius 2 is 0.861 bits per heavy atom. The molecule has 4 heteroatoms. The van der Waals surface area contributed by atoms with E-state index >= 15 is 0 Å². The molecule has 0 heterocycles. The lowest BCUT2D eigenvalue weighted by Gasteiger charge is -2.69. The van der Waals surface area contributed by atoms with Gasteiger partial charge in [-0.25, -0.2) is 0 Å². The van der Waals surface area contributed by atoms with E-state index < -0.39 is 4.33 Å². The molecule has 0 amide bonds. The molecule has 3 saturated carbocycles. The minimum absolute atomic E-state index is 0.126. The monoisotopic (exact) mass is 544 g/mol. The molecule has 3 aliphatic rings. The summed E-state index contributed by atoms with van der Waals surface area (Å²) >= 11 is 14.5. The largest absolute Gasteiger partial charge is 0.378 e. The molecule has 36 heavy (non-hydrogen) atoms. The summed E-state index contributed by atoms with van der Waals surface area (Å²) in [6.07, 6.45) is 30.0. The average Bonchev–Trinajstić information content (AvgIpc) is 2.89. The number of alkyl halides is 2. The zero-order chi connectivity index (χ0) is 25.7. The predicted molar refractivity (Wildman–Crippen MR) is 156 cm³/mol. The minimum Gasteiger partial charge on any atom is -0.378 e. The SMILES string of the molecule is CCCCCCCCCOC1CC[C@]2(CC1)C[C@@]1(CCC(OCCCCCCCCC)CC1)C2(Cl)Cl. The van der Waals surface area contributed by atoms with E-state index in [1.807, 2.05) is 0 Å². The van der Waals surface area contributed by atoms with Crippen LogP contribution in [0.4, 0.5) is 0 Å². The van der Waals surface area contributed by atoms with Crippen LogP contribution in [0.15, 0.2) is 0 Å². The van der Waals surface area contributed by atoms with Gasteiger partial charge in [0, 0.05) is 24.0 Å². The van der Waals surface area contributed by atoms with Crippen LogP contribution >= 0.6 is 23.2 Å². The number of hydrogen-bond donors (Lipinski definition) is 0. The molecule has 0 aliphatic heterocycles. The standard InChI is InChI=1S/C32H58Cl2O2/c1-3-5-7-9-11-13-15-25-35-28-17-21-30(22-18-28)27-31(32(30,33)34)23-19-29(20-24-31)36-26-16-14-12-10-8-6-4-2/h28-29H,3-27H2,1-2H3/t28?,29?,30-,31-. The van der Waals surface area contributed by atoms with Crippen molar-refractivity contribution in [3.8, 4) is 0 Å². The highest BCUT2D eigenvalue weighted by molar-refractivity contribution is 6.50. The van der Waals surface area contributed by atoms with Gasteiger partial charge in [-0.1, -0.05) is 90.9 Å². The molecule has 0 saturated heterocycles. The predicted octanol–water partition coefficient (Wildman–Crippen LogP) is 11.0. The van der Waals surface area contributed by atoms with Crippen molar-refractivity contribution in [3.63, 3.8) is 0 Å². The van der Waals surface area contributed by atoms with Crippen LogP contribution in [0, 0.1) is 10.8 Å². The van der Waals surface area contributed by atoms with Gasteiger partial charge in [0.05, 0.1) is 12.2 Å². The lowest BCUT2D eigenvalue weighted by atomic mass is 9.44. The maximum atomic E-state index is 7.25. The van der Waals surface area contributed by atoms with Gasteiger partial charge in [-0.3, -0.25) is 0 Å². The first-order chi connectivity index (χ1) is 17.5. The molecule has 3 fully saturated rings. The molecule has 0 N–H and O–H groups in total. The first-order valence-electron chi connectivity index (χ1n) is 16.1. The molecule has 2 nitrogen and oxygen atoms in total. The first-order valence-corrected chi connectivity index (χ1v) is 16.9. The lowest BCUT2D eigenvalue weighted by Crippen LogP contribution is -2.67. The molecule has 0 radical (unpaired) electrons. The summed E-state index contributed by atoms with van der Waals surface area (Å²) in [6.45, 7) is 6.43. The van der Waals surface area contributed by atoms with Crippen LogP contribution in [-0.4, -0.2) is 29.8 Å². The van der Waals surface area contributed by atoms with Crippen LogP contribution in [0.2, 0.25) is 0 Å². The van der Waals surface area contributed by atoms with Gasteiger partial charge in [0.1, 0.15) is 4.33 Å². The van der Waals surface area contributed by atoms with Crippen molar-refractivity contribution in [1.82, 2.24) is 0 Å². The van der Waals surface area contributed by atoms with Crippen LogP contribution in [0.3, 0.4) is 0 Å². The van der Waals surface area contributed by atoms with Crippen molar-refractivity contribution < 1.29 is 9.47 Å². The van der Waals surface area contributed by atoms with E-state index in [0.717, 1.165) is 64.6 Å². The highest BCUT2D eigenvalue weighted by Crippen LogP contribution is 2.76. The first kappa shape index (κ1) is 31.0. The smallest absolute Gasteiger partial charge is 0.129 e. The van der Waals surface area contributed by atoms with E-state index in [0.29, 0.717) is 12.2 Å². The fourth-order valence-electron chi connectivity index (χ4n) is 7.55. The molecular formula is C32H58Cl2O2. The highest BCUT2D eigenvalue weighted by Gasteiger charge is 2.72. The van der Waals surface area contributed by atoms with Gasteiger partial charge in [0.15, 0.2) is 0 Å². The molecule has 0 aromatic carbocycles. The molecule has 2 spiro atoms. The molecule has 0 atom stereocenters. The van der Waals surface area contributed by atoms with Crippen LogP contribution in [0.25, 0.3) is 0 Å². The normalized spacial score (nSPS) is 31.7. The van der Waals surface area contributed by atoms with Crippen LogP contribution in [-0.2, 0) is 9.47 Å². The molecule has 3 aliphatic carbocycles. The summed E-state index contributed by atoms with van der Waals surface area (Å²) in [5.41, 5.74) is 0.251. The van der Waals surface area contributed by atoms with Gasteiger partial charge in [-0.2, -0.15) is 0 Å². The summed E-state index contributed by atoms with van der Waals surface area (Å²) in [6, 6.07) is 0. The van der Waals surface area contributed by atoms with Crippen LogP contribution in [0.5, 0.6) is 0 Å². The number of halogens is 2. The number of ether oxygens (including phenoxy) is 2. The maximum Gasteiger partial charge on any atom is 0.129 e. The van der Waals surface area contributed by atoms with Gasteiger partial charge in [-0.15, -0.1) is 23.2 Å². The van der Waals surface area contributed by atoms with Crippen LogP contribution < -0.4 is 0 Å². The van der Waals surface area contributed by atoms with E-state index in [9.17, 15) is 0 Å². The van der Waals surface area contributed by atoms with E-state index in [-0.39, 0.29) is 10.8 Å². The molecule has 3 rings (SSSR count). The zero-order valence-corrected chi connectivity index (χ0v) is 25.4. The van der Waals surface area contributed by atoms with Crippen molar-refractivity contribution in [3.05, 3.63) is 0 Å². The quantitative estimate of drug-likeness (QED) is 0.126. The van der Waals surface area contributed by atoms with Crippen LogP contribution in [0.1, 0.15) is 162 Å². The number of unbranched alkanes of at least 4 members (excludes halogenated alkanes) is 12. The highest BCUT2D eigenvalue weighted by atomic mass is 35.5. The van der Waals surface area contributed by atoms with Crippen molar-refractivity contribution in [1.29, 1.82) is 0 Å². The Hall–Kier alpha value is 0.500. The van der Waals surface area contributed by atoms with Gasteiger partial charge >= 0.3 is 0 Å². The molecule has 0 bridgehead atoms. The molecule has 212 valence electrons. The Morgan fingerprint density at radius 3 is 1.19 bits per heavy atom. The summed E-state index contributed by atoms with van der Waals surface area (Å²) in [7, 11) is 0. The van der Waals surface area contributed by atoms with Gasteiger partial charge in [0.2, 0.25) is 0 Å². The third-order valence-corrected chi connectivity index (χ3v) is 11.6.